The van der Waals surface area contributed by atoms with E-state index in [1.165, 1.54) is 5.39 Å². The molecule has 0 bridgehead atoms. The average Bonchev–Trinajstić information content (AvgIpc) is 2.50. The molecule has 0 spiro atoms. The minimum atomic E-state index is -0.798. The van der Waals surface area contributed by atoms with Gasteiger partial charge in [0.1, 0.15) is 11.8 Å². The number of aliphatic carboxylic acids is 1. The van der Waals surface area contributed by atoms with Gasteiger partial charge in [-0.2, -0.15) is 0 Å². The van der Waals surface area contributed by atoms with Gasteiger partial charge in [-0.15, -0.1) is 12.4 Å². The van der Waals surface area contributed by atoms with Gasteiger partial charge >= 0.3 is 5.97 Å². The molecule has 0 amide bonds. The van der Waals surface area contributed by atoms with E-state index in [0.717, 1.165) is 17.6 Å². The van der Waals surface area contributed by atoms with Crippen LogP contribution < -0.4 is 4.74 Å². The predicted molar refractivity (Wildman–Crippen MR) is 91.0 cm³/mol. The predicted octanol–water partition coefficient (Wildman–Crippen LogP) is 3.44. The summed E-state index contributed by atoms with van der Waals surface area (Å²) in [5.41, 5.74) is 0. The number of rotatable bonds is 7. The highest BCUT2D eigenvalue weighted by Crippen LogP contribution is 2.20. The van der Waals surface area contributed by atoms with Crippen LogP contribution in [0.1, 0.15) is 13.3 Å². The number of hydrogen-bond donors (Lipinski definition) is 1. The van der Waals surface area contributed by atoms with E-state index in [4.69, 9.17) is 9.84 Å². The van der Waals surface area contributed by atoms with Crippen LogP contribution in [-0.2, 0) is 4.79 Å². The maximum absolute atomic E-state index is 10.8. The summed E-state index contributed by atoms with van der Waals surface area (Å²) in [6.45, 7) is 2.96. The van der Waals surface area contributed by atoms with Gasteiger partial charge in [0.25, 0.3) is 0 Å². The fourth-order valence-corrected chi connectivity index (χ4v) is 2.14. The van der Waals surface area contributed by atoms with Gasteiger partial charge in [-0.05, 0) is 43.3 Å². The number of carbonyl (C=O) groups is 1. The van der Waals surface area contributed by atoms with Crippen molar-refractivity contribution in [2.45, 2.75) is 19.4 Å². The molecule has 0 aliphatic heterocycles. The van der Waals surface area contributed by atoms with Gasteiger partial charge in [0.05, 0.1) is 6.61 Å². The van der Waals surface area contributed by atoms with Gasteiger partial charge in [-0.1, -0.05) is 30.3 Å². The number of benzene rings is 2. The number of nitrogens with zero attached hydrogens (tertiary/aromatic N) is 1. The first-order valence-corrected chi connectivity index (χ1v) is 7.12. The van der Waals surface area contributed by atoms with Crippen molar-refractivity contribution >= 4 is 29.1 Å². The second-order valence-corrected chi connectivity index (χ2v) is 5.21. The normalized spacial score (nSPS) is 12.0. The molecular formula is C17H22ClNO3. The molecule has 0 saturated carbocycles. The van der Waals surface area contributed by atoms with E-state index in [9.17, 15) is 4.79 Å². The van der Waals surface area contributed by atoms with E-state index in [2.05, 4.69) is 12.1 Å². The average molecular weight is 324 g/mol. The minimum Gasteiger partial charge on any atom is -0.494 e. The third-order valence-electron chi connectivity index (χ3n) is 3.66. The molecule has 0 fully saturated rings. The van der Waals surface area contributed by atoms with Crippen LogP contribution in [0.4, 0.5) is 0 Å². The maximum atomic E-state index is 10.8. The molecule has 22 heavy (non-hydrogen) atoms. The molecule has 0 aliphatic rings. The zero-order chi connectivity index (χ0) is 15.2. The van der Waals surface area contributed by atoms with Crippen molar-refractivity contribution in [3.63, 3.8) is 0 Å². The molecule has 120 valence electrons. The molecule has 1 atom stereocenters. The van der Waals surface area contributed by atoms with Gasteiger partial charge in [-0.25, -0.2) is 0 Å². The molecule has 0 saturated heterocycles. The molecular weight excluding hydrogens is 302 g/mol. The van der Waals surface area contributed by atoms with E-state index in [-0.39, 0.29) is 12.4 Å². The lowest BCUT2D eigenvalue weighted by Gasteiger charge is -2.20. The summed E-state index contributed by atoms with van der Waals surface area (Å²) in [6, 6.07) is 13.7. The first-order chi connectivity index (χ1) is 10.1. The molecule has 0 heterocycles. The number of fused-ring (bicyclic) bond motifs is 1. The number of likely N-dealkylation sites (N-methyl/N-ethyl adjacent to an activating group) is 1. The highest BCUT2D eigenvalue weighted by Gasteiger charge is 2.15. The third-order valence-corrected chi connectivity index (χ3v) is 3.66. The number of ether oxygens (including phenoxy) is 1. The van der Waals surface area contributed by atoms with E-state index in [1.54, 1.807) is 6.92 Å². The van der Waals surface area contributed by atoms with Gasteiger partial charge in [0.15, 0.2) is 0 Å². The smallest absolute Gasteiger partial charge is 0.320 e. The summed E-state index contributed by atoms with van der Waals surface area (Å²) in [7, 11) is 1.81. The number of carboxylic acid groups (broad SMARTS) is 1. The van der Waals surface area contributed by atoms with Crippen LogP contribution in [0.15, 0.2) is 42.5 Å². The molecule has 0 radical (unpaired) electrons. The first-order valence-electron chi connectivity index (χ1n) is 7.12. The van der Waals surface area contributed by atoms with E-state index < -0.39 is 12.0 Å². The minimum absolute atomic E-state index is 0. The molecule has 1 unspecified atom stereocenters. The molecule has 0 aromatic heterocycles. The zero-order valence-corrected chi connectivity index (χ0v) is 13.7. The Morgan fingerprint density at radius 3 is 2.59 bits per heavy atom. The van der Waals surface area contributed by atoms with Crippen molar-refractivity contribution in [1.82, 2.24) is 4.90 Å². The molecule has 2 aromatic carbocycles. The van der Waals surface area contributed by atoms with Crippen LogP contribution in [0.5, 0.6) is 5.75 Å². The quantitative estimate of drug-likeness (QED) is 0.793. The Morgan fingerprint density at radius 2 is 1.91 bits per heavy atom. The lowest BCUT2D eigenvalue weighted by Crippen LogP contribution is -2.36. The summed E-state index contributed by atoms with van der Waals surface area (Å²) in [5.74, 6) is 0.0515. The summed E-state index contributed by atoms with van der Waals surface area (Å²) in [6.07, 6.45) is 0.793. The number of hydrogen-bond acceptors (Lipinski definition) is 3. The van der Waals surface area contributed by atoms with Gasteiger partial charge in [0, 0.05) is 6.54 Å². The Kier molecular flexibility index (Phi) is 7.15. The van der Waals surface area contributed by atoms with E-state index >= 15 is 0 Å². The maximum Gasteiger partial charge on any atom is 0.320 e. The van der Waals surface area contributed by atoms with E-state index in [0.29, 0.717) is 13.2 Å². The molecule has 4 nitrogen and oxygen atoms in total. The fraction of sp³-hybridized carbons (Fsp3) is 0.353. The number of carboxylic acids is 1. The van der Waals surface area contributed by atoms with E-state index in [1.807, 2.05) is 42.3 Å². The Labute approximate surface area is 137 Å². The van der Waals surface area contributed by atoms with Crippen molar-refractivity contribution in [3.05, 3.63) is 42.5 Å². The Hall–Kier alpha value is -1.78. The topological polar surface area (TPSA) is 49.8 Å². The lowest BCUT2D eigenvalue weighted by atomic mass is 10.1. The summed E-state index contributed by atoms with van der Waals surface area (Å²) >= 11 is 0. The third kappa shape index (κ3) is 4.90. The van der Waals surface area contributed by atoms with Gasteiger partial charge in [0.2, 0.25) is 0 Å². The van der Waals surface area contributed by atoms with Crippen LogP contribution in [0.25, 0.3) is 10.8 Å². The highest BCUT2D eigenvalue weighted by molar-refractivity contribution is 5.85. The SMILES string of the molecule is CC(C(=O)O)N(C)CCCOc1ccc2ccccc2c1.Cl. The van der Waals surface area contributed by atoms with Gasteiger partial charge < -0.3 is 9.84 Å². The van der Waals surface area contributed by atoms with Crippen LogP contribution in [0.3, 0.4) is 0 Å². The molecule has 2 aromatic rings. The molecule has 5 heteroatoms. The summed E-state index contributed by atoms with van der Waals surface area (Å²) in [5, 5.41) is 11.3. The van der Waals surface area contributed by atoms with Crippen LogP contribution >= 0.6 is 12.4 Å². The monoisotopic (exact) mass is 323 g/mol. The molecule has 1 N–H and O–H groups in total. The zero-order valence-electron chi connectivity index (χ0n) is 12.9. The standard InChI is InChI=1S/C17H21NO3.ClH/c1-13(17(19)20)18(2)10-5-11-21-16-9-8-14-6-3-4-7-15(14)12-16;/h3-4,6-9,12-13H,5,10-11H2,1-2H3,(H,19,20);1H. The largest absolute Gasteiger partial charge is 0.494 e. The Balaban J connectivity index is 0.00000242. The van der Waals surface area contributed by atoms with Crippen LogP contribution in [0, 0.1) is 0 Å². The Morgan fingerprint density at radius 1 is 1.23 bits per heavy atom. The Bertz CT molecular complexity index is 618. The molecule has 0 aliphatic carbocycles. The second-order valence-electron chi connectivity index (χ2n) is 5.21. The van der Waals surface area contributed by atoms with Crippen molar-refractivity contribution < 1.29 is 14.6 Å². The fourth-order valence-electron chi connectivity index (χ4n) is 2.14. The number of halogens is 1. The van der Waals surface area contributed by atoms with Crippen molar-refractivity contribution in [1.29, 1.82) is 0 Å². The highest BCUT2D eigenvalue weighted by atomic mass is 35.5. The first kappa shape index (κ1) is 18.3. The summed E-state index contributed by atoms with van der Waals surface area (Å²) < 4.78 is 5.73. The van der Waals surface area contributed by atoms with Crippen LogP contribution in [-0.4, -0.2) is 42.2 Å². The van der Waals surface area contributed by atoms with Crippen molar-refractivity contribution in [2.24, 2.45) is 0 Å². The molecule has 2 rings (SSSR count). The van der Waals surface area contributed by atoms with Crippen LogP contribution in [0.2, 0.25) is 0 Å². The van der Waals surface area contributed by atoms with Crippen molar-refractivity contribution in [3.8, 4) is 5.75 Å². The van der Waals surface area contributed by atoms with Crippen molar-refractivity contribution in [2.75, 3.05) is 20.2 Å². The summed E-state index contributed by atoms with van der Waals surface area (Å²) in [4.78, 5) is 12.7. The van der Waals surface area contributed by atoms with Gasteiger partial charge in [-0.3, -0.25) is 9.69 Å². The second kappa shape index (κ2) is 8.61. The lowest BCUT2D eigenvalue weighted by molar-refractivity contribution is -0.142.